The van der Waals surface area contributed by atoms with E-state index in [4.69, 9.17) is 5.73 Å². The van der Waals surface area contributed by atoms with Crippen molar-refractivity contribution in [2.45, 2.75) is 13.0 Å². The van der Waals surface area contributed by atoms with Crippen LogP contribution in [0.2, 0.25) is 0 Å². The van der Waals surface area contributed by atoms with Gasteiger partial charge in [-0.2, -0.15) is 0 Å². The highest BCUT2D eigenvalue weighted by molar-refractivity contribution is 5.49. The highest BCUT2D eigenvalue weighted by Gasteiger charge is 1.84. The van der Waals surface area contributed by atoms with Crippen LogP contribution in [0, 0.1) is 0 Å². The minimum absolute atomic E-state index is 0.134. The average Bonchev–Trinajstić information content (AvgIpc) is 2.03. The van der Waals surface area contributed by atoms with E-state index < -0.39 is 0 Å². The van der Waals surface area contributed by atoms with Crippen molar-refractivity contribution in [3.05, 3.63) is 42.0 Å². The number of benzene rings is 1. The zero-order valence-electron chi connectivity index (χ0n) is 6.70. The Hall–Kier alpha value is -1.08. The van der Waals surface area contributed by atoms with Crippen LogP contribution in [0.15, 0.2) is 36.4 Å². The molecule has 1 atom stereocenters. The maximum Gasteiger partial charge on any atom is 0.0198 e. The monoisotopic (exact) mass is 147 g/mol. The molecule has 0 aliphatic heterocycles. The van der Waals surface area contributed by atoms with Crippen LogP contribution in [-0.4, -0.2) is 6.04 Å². The van der Waals surface area contributed by atoms with Gasteiger partial charge in [0.15, 0.2) is 0 Å². The maximum atomic E-state index is 5.55. The average molecular weight is 147 g/mol. The van der Waals surface area contributed by atoms with Crippen molar-refractivity contribution in [3.8, 4) is 0 Å². The van der Waals surface area contributed by atoms with E-state index in [0.717, 1.165) is 0 Å². The summed E-state index contributed by atoms with van der Waals surface area (Å²) >= 11 is 0. The summed E-state index contributed by atoms with van der Waals surface area (Å²) in [6.07, 6.45) is 4.01. The van der Waals surface area contributed by atoms with Crippen molar-refractivity contribution in [1.29, 1.82) is 0 Å². The molecular formula is C10H13N. The van der Waals surface area contributed by atoms with Gasteiger partial charge < -0.3 is 5.73 Å². The van der Waals surface area contributed by atoms with Crippen molar-refractivity contribution in [1.82, 2.24) is 0 Å². The predicted molar refractivity (Wildman–Crippen MR) is 49.1 cm³/mol. The second-order valence-corrected chi connectivity index (χ2v) is 2.63. The van der Waals surface area contributed by atoms with Gasteiger partial charge >= 0.3 is 0 Å². The molecule has 0 saturated heterocycles. The molecule has 1 unspecified atom stereocenters. The Balaban J connectivity index is 2.65. The lowest BCUT2D eigenvalue weighted by Gasteiger charge is -1.94. The van der Waals surface area contributed by atoms with Crippen molar-refractivity contribution in [3.63, 3.8) is 0 Å². The summed E-state index contributed by atoms with van der Waals surface area (Å²) in [6, 6.07) is 10.3. The van der Waals surface area contributed by atoms with E-state index in [2.05, 4.69) is 12.1 Å². The summed E-state index contributed by atoms with van der Waals surface area (Å²) in [5, 5.41) is 0. The molecule has 0 aliphatic carbocycles. The zero-order valence-corrected chi connectivity index (χ0v) is 6.70. The summed E-state index contributed by atoms with van der Waals surface area (Å²) in [4.78, 5) is 0. The molecule has 58 valence electrons. The lowest BCUT2D eigenvalue weighted by molar-refractivity contribution is 0.931. The predicted octanol–water partition coefficient (Wildman–Crippen LogP) is 2.05. The lowest BCUT2D eigenvalue weighted by Crippen LogP contribution is -2.09. The van der Waals surface area contributed by atoms with Crippen LogP contribution in [-0.2, 0) is 0 Å². The molecule has 1 rings (SSSR count). The third-order valence-electron chi connectivity index (χ3n) is 1.39. The van der Waals surface area contributed by atoms with Gasteiger partial charge in [-0.15, -0.1) is 0 Å². The summed E-state index contributed by atoms with van der Waals surface area (Å²) in [5.74, 6) is 0. The molecule has 0 saturated carbocycles. The van der Waals surface area contributed by atoms with Gasteiger partial charge in [-0.1, -0.05) is 42.5 Å². The first-order valence-electron chi connectivity index (χ1n) is 3.78. The molecular weight excluding hydrogens is 134 g/mol. The summed E-state index contributed by atoms with van der Waals surface area (Å²) < 4.78 is 0. The third-order valence-corrected chi connectivity index (χ3v) is 1.39. The van der Waals surface area contributed by atoms with E-state index in [9.17, 15) is 0 Å². The van der Waals surface area contributed by atoms with Crippen molar-refractivity contribution in [2.24, 2.45) is 5.73 Å². The van der Waals surface area contributed by atoms with Crippen LogP contribution in [0.3, 0.4) is 0 Å². The molecule has 11 heavy (non-hydrogen) atoms. The number of rotatable bonds is 2. The van der Waals surface area contributed by atoms with Crippen LogP contribution in [0.5, 0.6) is 0 Å². The van der Waals surface area contributed by atoms with E-state index in [0.29, 0.717) is 0 Å². The van der Waals surface area contributed by atoms with Gasteiger partial charge in [0.2, 0.25) is 0 Å². The molecule has 1 heteroatoms. The molecule has 0 heterocycles. The van der Waals surface area contributed by atoms with Crippen LogP contribution in [0.25, 0.3) is 6.08 Å². The molecule has 1 aromatic rings. The minimum atomic E-state index is 0.134. The molecule has 0 aromatic heterocycles. The van der Waals surface area contributed by atoms with Crippen LogP contribution < -0.4 is 5.73 Å². The van der Waals surface area contributed by atoms with E-state index in [1.165, 1.54) is 5.56 Å². The SMILES string of the molecule is CC(N)C=Cc1ccccc1. The second-order valence-electron chi connectivity index (χ2n) is 2.63. The van der Waals surface area contributed by atoms with Crippen LogP contribution in [0.1, 0.15) is 12.5 Å². The van der Waals surface area contributed by atoms with Crippen molar-refractivity contribution in [2.75, 3.05) is 0 Å². The van der Waals surface area contributed by atoms with Gasteiger partial charge in [-0.05, 0) is 12.5 Å². The Bertz CT molecular complexity index is 224. The van der Waals surface area contributed by atoms with Gasteiger partial charge in [0.05, 0.1) is 0 Å². The Labute approximate surface area is 67.5 Å². The highest BCUT2D eigenvalue weighted by atomic mass is 14.6. The van der Waals surface area contributed by atoms with Gasteiger partial charge in [0.25, 0.3) is 0 Å². The molecule has 2 N–H and O–H groups in total. The van der Waals surface area contributed by atoms with E-state index in [1.54, 1.807) is 0 Å². The molecule has 1 nitrogen and oxygen atoms in total. The number of hydrogen-bond acceptors (Lipinski definition) is 1. The Kier molecular flexibility index (Phi) is 2.87. The van der Waals surface area contributed by atoms with Gasteiger partial charge in [0, 0.05) is 6.04 Å². The first kappa shape index (κ1) is 8.02. The normalized spacial score (nSPS) is 13.6. The van der Waals surface area contributed by atoms with Crippen molar-refractivity contribution >= 4 is 6.08 Å². The van der Waals surface area contributed by atoms with Crippen LogP contribution >= 0.6 is 0 Å². The summed E-state index contributed by atoms with van der Waals surface area (Å²) in [5.41, 5.74) is 6.75. The maximum absolute atomic E-state index is 5.55. The highest BCUT2D eigenvalue weighted by Crippen LogP contribution is 2.00. The number of hydrogen-bond donors (Lipinski definition) is 1. The molecule has 0 bridgehead atoms. The number of nitrogens with two attached hydrogens (primary N) is 1. The standard InChI is InChI=1S/C10H13N/c1-9(11)7-8-10-5-3-2-4-6-10/h2-9H,11H2,1H3. The molecule has 0 radical (unpaired) electrons. The summed E-state index contributed by atoms with van der Waals surface area (Å²) in [7, 11) is 0. The molecule has 0 spiro atoms. The molecule has 0 amide bonds. The smallest absolute Gasteiger partial charge is 0.0198 e. The Morgan fingerprint density at radius 1 is 1.27 bits per heavy atom. The van der Waals surface area contributed by atoms with Crippen molar-refractivity contribution < 1.29 is 0 Å². The fourth-order valence-electron chi connectivity index (χ4n) is 0.827. The van der Waals surface area contributed by atoms with E-state index >= 15 is 0 Å². The third kappa shape index (κ3) is 3.01. The lowest BCUT2D eigenvalue weighted by atomic mass is 10.2. The topological polar surface area (TPSA) is 26.0 Å². The second kappa shape index (κ2) is 3.94. The quantitative estimate of drug-likeness (QED) is 0.680. The van der Waals surface area contributed by atoms with Gasteiger partial charge in [-0.25, -0.2) is 0 Å². The summed E-state index contributed by atoms with van der Waals surface area (Å²) in [6.45, 7) is 1.96. The molecule has 0 fully saturated rings. The first-order chi connectivity index (χ1) is 5.29. The van der Waals surface area contributed by atoms with Crippen LogP contribution in [0.4, 0.5) is 0 Å². The molecule has 1 aromatic carbocycles. The minimum Gasteiger partial charge on any atom is -0.325 e. The largest absolute Gasteiger partial charge is 0.325 e. The van der Waals surface area contributed by atoms with Gasteiger partial charge in [0.1, 0.15) is 0 Å². The van der Waals surface area contributed by atoms with E-state index in [1.807, 2.05) is 37.3 Å². The van der Waals surface area contributed by atoms with Gasteiger partial charge in [-0.3, -0.25) is 0 Å². The Morgan fingerprint density at radius 3 is 2.45 bits per heavy atom. The first-order valence-corrected chi connectivity index (χ1v) is 3.78. The zero-order chi connectivity index (χ0) is 8.10. The fourth-order valence-corrected chi connectivity index (χ4v) is 0.827. The Morgan fingerprint density at radius 2 is 1.91 bits per heavy atom. The molecule has 0 aliphatic rings. The fraction of sp³-hybridized carbons (Fsp3) is 0.200. The van der Waals surface area contributed by atoms with E-state index in [-0.39, 0.29) is 6.04 Å².